The van der Waals surface area contributed by atoms with Crippen LogP contribution in [0.1, 0.15) is 25.7 Å². The van der Waals surface area contributed by atoms with Crippen LogP contribution in [0.5, 0.6) is 5.75 Å². The maximum absolute atomic E-state index is 5.99. The fourth-order valence-electron chi connectivity index (χ4n) is 2.57. The van der Waals surface area contributed by atoms with Gasteiger partial charge in [0, 0.05) is 5.56 Å². The smallest absolute Gasteiger partial charge is 0.184 e. The highest BCUT2D eigenvalue weighted by atomic mass is 16.7. The first-order chi connectivity index (χ1) is 11.2. The van der Waals surface area contributed by atoms with E-state index in [0.717, 1.165) is 11.3 Å². The van der Waals surface area contributed by atoms with Crippen molar-refractivity contribution in [3.63, 3.8) is 0 Å². The first-order valence-corrected chi connectivity index (χ1v) is 8.02. The average molecular weight is 320 g/mol. The maximum atomic E-state index is 5.99. The fourth-order valence-corrected chi connectivity index (χ4v) is 2.57. The Hall–Kier alpha value is -1.40. The Bertz CT molecular complexity index is 525. The molecule has 0 aliphatic carbocycles. The molecule has 1 aromatic carbocycles. The summed E-state index contributed by atoms with van der Waals surface area (Å²) < 4.78 is 28.5. The van der Waals surface area contributed by atoms with E-state index in [-0.39, 0.29) is 24.8 Å². The molecule has 2 aliphatic heterocycles. The lowest BCUT2D eigenvalue weighted by atomic mass is 10.1. The third kappa shape index (κ3) is 4.12. The van der Waals surface area contributed by atoms with E-state index in [4.69, 9.17) is 23.7 Å². The van der Waals surface area contributed by atoms with Gasteiger partial charge in [0.05, 0.1) is 20.3 Å². The highest BCUT2D eigenvalue weighted by Gasteiger charge is 2.36. The molecule has 5 nitrogen and oxygen atoms in total. The molecule has 0 radical (unpaired) electrons. The number of fused-ring (bicyclic) bond motifs is 1. The Kier molecular flexibility index (Phi) is 5.33. The highest BCUT2D eigenvalue weighted by Crippen LogP contribution is 2.31. The Labute approximate surface area is 137 Å². The second kappa shape index (κ2) is 7.45. The van der Waals surface area contributed by atoms with Crippen LogP contribution in [-0.4, -0.2) is 38.8 Å². The molecule has 3 rings (SSSR count). The molecule has 126 valence electrons. The van der Waals surface area contributed by atoms with Gasteiger partial charge in [0.15, 0.2) is 12.6 Å². The van der Waals surface area contributed by atoms with E-state index in [1.165, 1.54) is 0 Å². The number of hydrogen-bond acceptors (Lipinski definition) is 5. The van der Waals surface area contributed by atoms with Crippen LogP contribution in [0, 0.1) is 5.92 Å². The Morgan fingerprint density at radius 3 is 2.61 bits per heavy atom. The van der Waals surface area contributed by atoms with E-state index < -0.39 is 0 Å². The van der Waals surface area contributed by atoms with Gasteiger partial charge in [0.1, 0.15) is 18.0 Å². The first-order valence-electron chi connectivity index (χ1n) is 8.02. The molecule has 2 aliphatic rings. The number of methoxy groups -OCH3 is 1. The van der Waals surface area contributed by atoms with Gasteiger partial charge >= 0.3 is 0 Å². The molecule has 0 aromatic heterocycles. The molecule has 23 heavy (non-hydrogen) atoms. The van der Waals surface area contributed by atoms with Crippen molar-refractivity contribution in [2.75, 3.05) is 20.3 Å². The summed E-state index contributed by atoms with van der Waals surface area (Å²) in [6.45, 7) is 5.37. The van der Waals surface area contributed by atoms with Crippen molar-refractivity contribution >= 4 is 0 Å². The van der Waals surface area contributed by atoms with Crippen LogP contribution in [0.15, 0.2) is 36.4 Å². The lowest BCUT2D eigenvalue weighted by Gasteiger charge is -2.39. The summed E-state index contributed by atoms with van der Waals surface area (Å²) >= 11 is 0. The van der Waals surface area contributed by atoms with Gasteiger partial charge in [-0.15, -0.1) is 0 Å². The molecule has 0 saturated carbocycles. The van der Waals surface area contributed by atoms with Crippen molar-refractivity contribution in [2.24, 2.45) is 5.92 Å². The topological polar surface area (TPSA) is 46.2 Å². The molecule has 5 heteroatoms. The molecule has 0 spiro atoms. The van der Waals surface area contributed by atoms with Gasteiger partial charge in [0.25, 0.3) is 0 Å². The van der Waals surface area contributed by atoms with E-state index in [1.54, 1.807) is 7.11 Å². The zero-order chi connectivity index (χ0) is 16.2. The van der Waals surface area contributed by atoms with Crippen LogP contribution in [0.2, 0.25) is 0 Å². The molecule has 0 bridgehead atoms. The molecule has 0 N–H and O–H groups in total. The number of benzene rings is 1. The van der Waals surface area contributed by atoms with E-state index in [2.05, 4.69) is 13.8 Å². The number of ether oxygens (including phenoxy) is 5. The van der Waals surface area contributed by atoms with Gasteiger partial charge in [0.2, 0.25) is 0 Å². The fraction of sp³-hybridized carbons (Fsp3) is 0.556. The first kappa shape index (κ1) is 16.5. The monoisotopic (exact) mass is 320 g/mol. The van der Waals surface area contributed by atoms with Gasteiger partial charge < -0.3 is 23.7 Å². The molecular weight excluding hydrogens is 296 g/mol. The van der Waals surface area contributed by atoms with Crippen molar-refractivity contribution in [3.05, 3.63) is 42.0 Å². The standard InChI is InChI=1S/C18H24O5/c1-12(2)10-20-17-9-8-15-16(22-17)11-21-18(23-15)13-4-6-14(19-3)7-5-13/h4-9,12,15-18H,10-11H2,1-3H3/t15-,16+,17+,18?/m0/s1. The van der Waals surface area contributed by atoms with Crippen molar-refractivity contribution in [3.8, 4) is 5.75 Å². The second-order valence-corrected chi connectivity index (χ2v) is 6.19. The minimum atomic E-state index is -0.386. The predicted octanol–water partition coefficient (Wildman–Crippen LogP) is 3.06. The maximum Gasteiger partial charge on any atom is 0.184 e. The minimum Gasteiger partial charge on any atom is -0.497 e. The Morgan fingerprint density at radius 1 is 1.13 bits per heavy atom. The molecule has 1 unspecified atom stereocenters. The minimum absolute atomic E-state index is 0.116. The zero-order valence-corrected chi connectivity index (χ0v) is 13.8. The van der Waals surface area contributed by atoms with Gasteiger partial charge in [-0.25, -0.2) is 0 Å². The van der Waals surface area contributed by atoms with Crippen LogP contribution >= 0.6 is 0 Å². The molecule has 4 atom stereocenters. The van der Waals surface area contributed by atoms with E-state index >= 15 is 0 Å². The molecular formula is C18H24O5. The normalized spacial score (nSPS) is 30.3. The molecule has 1 aromatic rings. The molecule has 1 saturated heterocycles. The summed E-state index contributed by atoms with van der Waals surface area (Å²) in [6, 6.07) is 7.70. The van der Waals surface area contributed by atoms with Crippen LogP contribution in [0.3, 0.4) is 0 Å². The van der Waals surface area contributed by atoms with Crippen molar-refractivity contribution in [2.45, 2.75) is 38.6 Å². The van der Waals surface area contributed by atoms with Gasteiger partial charge in [-0.3, -0.25) is 0 Å². The quantitative estimate of drug-likeness (QED) is 0.780. The summed E-state index contributed by atoms with van der Waals surface area (Å²) in [5.41, 5.74) is 0.968. The van der Waals surface area contributed by atoms with Gasteiger partial charge in [-0.05, 0) is 24.1 Å². The van der Waals surface area contributed by atoms with Crippen LogP contribution in [0.25, 0.3) is 0 Å². The van der Waals surface area contributed by atoms with Crippen LogP contribution in [-0.2, 0) is 18.9 Å². The SMILES string of the molecule is COc1ccc(C2OC[C@H]3O[C@@H](OCC(C)C)C=C[C@@H]3O2)cc1. The van der Waals surface area contributed by atoms with E-state index in [0.29, 0.717) is 19.1 Å². The summed E-state index contributed by atoms with van der Waals surface area (Å²) in [4.78, 5) is 0. The number of hydrogen-bond donors (Lipinski definition) is 0. The lowest BCUT2D eigenvalue weighted by Crippen LogP contribution is -2.45. The molecule has 2 heterocycles. The third-order valence-electron chi connectivity index (χ3n) is 3.81. The van der Waals surface area contributed by atoms with Crippen molar-refractivity contribution in [1.82, 2.24) is 0 Å². The van der Waals surface area contributed by atoms with E-state index in [9.17, 15) is 0 Å². The Balaban J connectivity index is 1.59. The third-order valence-corrected chi connectivity index (χ3v) is 3.81. The lowest BCUT2D eigenvalue weighted by molar-refractivity contribution is -0.284. The number of rotatable bonds is 5. The average Bonchev–Trinajstić information content (AvgIpc) is 2.59. The molecule has 1 fully saturated rings. The highest BCUT2D eigenvalue weighted by molar-refractivity contribution is 5.28. The Morgan fingerprint density at radius 2 is 1.91 bits per heavy atom. The van der Waals surface area contributed by atoms with Gasteiger partial charge in [-0.1, -0.05) is 32.1 Å². The van der Waals surface area contributed by atoms with Gasteiger partial charge in [-0.2, -0.15) is 0 Å². The second-order valence-electron chi connectivity index (χ2n) is 6.19. The van der Waals surface area contributed by atoms with Crippen molar-refractivity contribution in [1.29, 1.82) is 0 Å². The summed E-state index contributed by atoms with van der Waals surface area (Å²) in [7, 11) is 1.65. The van der Waals surface area contributed by atoms with E-state index in [1.807, 2.05) is 36.4 Å². The zero-order valence-electron chi connectivity index (χ0n) is 13.8. The van der Waals surface area contributed by atoms with Crippen molar-refractivity contribution < 1.29 is 23.7 Å². The predicted molar refractivity (Wildman–Crippen MR) is 85.2 cm³/mol. The molecule has 0 amide bonds. The summed E-state index contributed by atoms with van der Waals surface area (Å²) in [5, 5.41) is 0. The summed E-state index contributed by atoms with van der Waals surface area (Å²) in [6.07, 6.45) is 2.98. The van der Waals surface area contributed by atoms with Crippen LogP contribution in [0.4, 0.5) is 0 Å². The van der Waals surface area contributed by atoms with Crippen LogP contribution < -0.4 is 4.74 Å². The largest absolute Gasteiger partial charge is 0.497 e. The summed E-state index contributed by atoms with van der Waals surface area (Å²) in [5.74, 6) is 1.29.